The number of guanidine groups is 1. The van der Waals surface area contributed by atoms with Gasteiger partial charge < -0.3 is 15.4 Å². The van der Waals surface area contributed by atoms with E-state index in [9.17, 15) is 0 Å². The number of fused-ring (bicyclic) bond motifs is 1. The molecule has 0 aromatic carbocycles. The number of aliphatic imine (C=N–C) groups is 1. The van der Waals surface area contributed by atoms with Crippen molar-refractivity contribution in [3.63, 3.8) is 0 Å². The van der Waals surface area contributed by atoms with Gasteiger partial charge in [-0.25, -0.2) is 19.6 Å². The molecule has 1 atom stereocenters. The zero-order chi connectivity index (χ0) is 20.9. The molecule has 0 amide bonds. The number of halogens is 1. The van der Waals surface area contributed by atoms with Gasteiger partial charge >= 0.3 is 0 Å². The first kappa shape index (κ1) is 23.1. The molecule has 166 valence electrons. The minimum atomic E-state index is 0. The zero-order valence-electron chi connectivity index (χ0n) is 17.9. The van der Waals surface area contributed by atoms with Crippen LogP contribution in [0.3, 0.4) is 0 Å². The molecule has 0 radical (unpaired) electrons. The quantitative estimate of drug-likeness (QED) is 0.280. The summed E-state index contributed by atoms with van der Waals surface area (Å²) < 4.78 is 9.05. The van der Waals surface area contributed by atoms with Gasteiger partial charge in [0.15, 0.2) is 11.8 Å². The van der Waals surface area contributed by atoms with Gasteiger partial charge in [0.05, 0.1) is 6.54 Å². The van der Waals surface area contributed by atoms with Gasteiger partial charge in [0, 0.05) is 51.8 Å². The second-order valence-corrected chi connectivity index (χ2v) is 7.23. The van der Waals surface area contributed by atoms with Crippen LogP contribution in [0, 0.1) is 6.92 Å². The number of hydrogen-bond acceptors (Lipinski definition) is 6. The van der Waals surface area contributed by atoms with Gasteiger partial charge in [-0.3, -0.25) is 9.56 Å². The van der Waals surface area contributed by atoms with E-state index in [2.05, 4.69) is 41.7 Å². The normalized spacial score (nSPS) is 15.8. The Morgan fingerprint density at radius 2 is 2.19 bits per heavy atom. The molecule has 0 saturated heterocycles. The van der Waals surface area contributed by atoms with E-state index in [1.165, 1.54) is 0 Å². The molecule has 1 aliphatic rings. The van der Waals surface area contributed by atoms with Crippen molar-refractivity contribution in [2.75, 3.05) is 14.2 Å². The smallest absolute Gasteiger partial charge is 0.191 e. The molecule has 10 nitrogen and oxygen atoms in total. The van der Waals surface area contributed by atoms with Crippen LogP contribution in [-0.2, 0) is 30.9 Å². The number of rotatable bonds is 6. The first-order valence-corrected chi connectivity index (χ1v) is 10.00. The van der Waals surface area contributed by atoms with Crippen LogP contribution < -0.4 is 10.6 Å². The molecular weight excluding hydrogens is 509 g/mol. The van der Waals surface area contributed by atoms with Crippen LogP contribution in [0.25, 0.3) is 5.82 Å². The molecule has 2 N–H and O–H groups in total. The highest BCUT2D eigenvalue weighted by molar-refractivity contribution is 14.0. The predicted molar refractivity (Wildman–Crippen MR) is 128 cm³/mol. The van der Waals surface area contributed by atoms with Crippen LogP contribution in [0.15, 0.2) is 35.7 Å². The number of imidazole rings is 1. The monoisotopic (exact) mass is 537 g/mol. The standard InChI is InChI=1S/C20H27N9O.HI/c1-14-22-8-9-28(14)18-6-4-15(10-23-18)11-24-20(21-2)25-16-5-7-19-26-17(13-30-3)27-29(19)12-16;/h4,6,8-10,16H,5,7,11-13H2,1-3H3,(H2,21,24,25);1H. The van der Waals surface area contributed by atoms with Gasteiger partial charge in [-0.1, -0.05) is 6.07 Å². The van der Waals surface area contributed by atoms with E-state index in [1.54, 1.807) is 20.4 Å². The Labute approximate surface area is 198 Å². The van der Waals surface area contributed by atoms with Crippen molar-refractivity contribution in [2.45, 2.75) is 45.5 Å². The van der Waals surface area contributed by atoms with Crippen molar-refractivity contribution in [3.05, 3.63) is 53.8 Å². The average molecular weight is 537 g/mol. The summed E-state index contributed by atoms with van der Waals surface area (Å²) in [5, 5.41) is 11.4. The Morgan fingerprint density at radius 3 is 2.87 bits per heavy atom. The molecule has 1 unspecified atom stereocenters. The van der Waals surface area contributed by atoms with Crippen LogP contribution in [-0.4, -0.2) is 55.5 Å². The Balaban J connectivity index is 0.00000272. The van der Waals surface area contributed by atoms with E-state index in [4.69, 9.17) is 4.74 Å². The lowest BCUT2D eigenvalue weighted by molar-refractivity contribution is 0.177. The van der Waals surface area contributed by atoms with Gasteiger partial charge in [0.25, 0.3) is 0 Å². The number of aryl methyl sites for hydroxylation is 2. The van der Waals surface area contributed by atoms with Crippen molar-refractivity contribution in [1.29, 1.82) is 0 Å². The third-order valence-corrected chi connectivity index (χ3v) is 5.08. The van der Waals surface area contributed by atoms with Crippen LogP contribution in [0.4, 0.5) is 0 Å². The molecule has 0 aliphatic carbocycles. The van der Waals surface area contributed by atoms with Crippen molar-refractivity contribution in [2.24, 2.45) is 4.99 Å². The molecule has 0 bridgehead atoms. The van der Waals surface area contributed by atoms with Gasteiger partial charge in [-0.2, -0.15) is 5.10 Å². The number of pyridine rings is 1. The first-order chi connectivity index (χ1) is 14.7. The van der Waals surface area contributed by atoms with Crippen molar-refractivity contribution in [3.8, 4) is 5.82 Å². The summed E-state index contributed by atoms with van der Waals surface area (Å²) in [6.45, 7) is 3.79. The summed E-state index contributed by atoms with van der Waals surface area (Å²) in [6.07, 6.45) is 7.41. The van der Waals surface area contributed by atoms with Crippen molar-refractivity contribution < 1.29 is 4.74 Å². The second-order valence-electron chi connectivity index (χ2n) is 7.23. The zero-order valence-corrected chi connectivity index (χ0v) is 20.3. The minimum absolute atomic E-state index is 0. The summed E-state index contributed by atoms with van der Waals surface area (Å²) in [7, 11) is 3.43. The van der Waals surface area contributed by atoms with Crippen LogP contribution >= 0.6 is 24.0 Å². The highest BCUT2D eigenvalue weighted by Crippen LogP contribution is 2.13. The van der Waals surface area contributed by atoms with Gasteiger partial charge in [0.1, 0.15) is 24.1 Å². The van der Waals surface area contributed by atoms with E-state index in [-0.39, 0.29) is 30.0 Å². The largest absolute Gasteiger partial charge is 0.377 e. The molecule has 3 aromatic rings. The maximum absolute atomic E-state index is 5.13. The van der Waals surface area contributed by atoms with E-state index in [0.717, 1.165) is 54.2 Å². The third kappa shape index (κ3) is 5.58. The number of nitrogens with one attached hydrogen (secondary N) is 2. The number of nitrogens with zero attached hydrogens (tertiary/aromatic N) is 7. The third-order valence-electron chi connectivity index (χ3n) is 5.08. The number of hydrogen-bond donors (Lipinski definition) is 2. The molecule has 0 fully saturated rings. The maximum atomic E-state index is 5.13. The summed E-state index contributed by atoms with van der Waals surface area (Å²) in [5.41, 5.74) is 1.07. The van der Waals surface area contributed by atoms with Gasteiger partial charge in [0.2, 0.25) is 0 Å². The molecule has 0 spiro atoms. The summed E-state index contributed by atoms with van der Waals surface area (Å²) >= 11 is 0. The van der Waals surface area contributed by atoms with Crippen LogP contribution in [0.5, 0.6) is 0 Å². The minimum Gasteiger partial charge on any atom is -0.377 e. The fourth-order valence-electron chi connectivity index (χ4n) is 3.53. The highest BCUT2D eigenvalue weighted by atomic mass is 127. The SMILES string of the molecule is CN=C(NCc1ccc(-n2ccnc2C)nc1)NC1CCc2nc(COC)nn2C1.I. The average Bonchev–Trinajstić information content (AvgIpc) is 3.37. The predicted octanol–water partition coefficient (Wildman–Crippen LogP) is 1.61. The number of aromatic nitrogens is 6. The Kier molecular flexibility index (Phi) is 7.96. The molecule has 31 heavy (non-hydrogen) atoms. The number of ether oxygens (including phenoxy) is 1. The Morgan fingerprint density at radius 1 is 1.32 bits per heavy atom. The topological polar surface area (TPSA) is 107 Å². The number of methoxy groups -OCH3 is 1. The maximum Gasteiger partial charge on any atom is 0.191 e. The molecule has 4 heterocycles. The van der Waals surface area contributed by atoms with Gasteiger partial charge in [-0.15, -0.1) is 24.0 Å². The Hall–Kier alpha value is -2.54. The summed E-state index contributed by atoms with van der Waals surface area (Å²) in [4.78, 5) is 17.6. The second kappa shape index (κ2) is 10.7. The fraction of sp³-hybridized carbons (Fsp3) is 0.450. The van der Waals surface area contributed by atoms with E-state index in [1.807, 2.05) is 34.6 Å². The summed E-state index contributed by atoms with van der Waals surface area (Å²) in [6, 6.07) is 4.29. The van der Waals surface area contributed by atoms with Gasteiger partial charge in [-0.05, 0) is 25.0 Å². The Bertz CT molecular complexity index is 1010. The van der Waals surface area contributed by atoms with E-state index >= 15 is 0 Å². The lowest BCUT2D eigenvalue weighted by atomic mass is 10.1. The molecule has 0 saturated carbocycles. The highest BCUT2D eigenvalue weighted by Gasteiger charge is 2.22. The molecule has 11 heteroatoms. The van der Waals surface area contributed by atoms with E-state index in [0.29, 0.717) is 13.2 Å². The molecule has 1 aliphatic heterocycles. The lowest BCUT2D eigenvalue weighted by Crippen LogP contribution is -2.46. The lowest BCUT2D eigenvalue weighted by Gasteiger charge is -2.25. The van der Waals surface area contributed by atoms with Crippen LogP contribution in [0.2, 0.25) is 0 Å². The molecular formula is C20H28IN9O. The van der Waals surface area contributed by atoms with Crippen molar-refractivity contribution in [1.82, 2.24) is 39.9 Å². The van der Waals surface area contributed by atoms with Crippen LogP contribution in [0.1, 0.15) is 29.5 Å². The first-order valence-electron chi connectivity index (χ1n) is 10.00. The van der Waals surface area contributed by atoms with E-state index < -0.39 is 0 Å². The molecule has 4 rings (SSSR count). The molecule has 3 aromatic heterocycles. The van der Waals surface area contributed by atoms with Crippen molar-refractivity contribution >= 4 is 29.9 Å². The fourth-order valence-corrected chi connectivity index (χ4v) is 3.53. The summed E-state index contributed by atoms with van der Waals surface area (Å²) in [5.74, 6) is 4.28.